The Kier molecular flexibility index (Phi) is 11.4. The average molecular weight is 704 g/mol. The minimum absolute atomic E-state index is 0.00890. The first-order valence-corrected chi connectivity index (χ1v) is 19.1. The van der Waals surface area contributed by atoms with Gasteiger partial charge in [0, 0.05) is 57.8 Å². The number of aliphatic hydroxyl groups is 1. The number of ether oxygens (including phenoxy) is 2. The van der Waals surface area contributed by atoms with Crippen molar-refractivity contribution >= 4 is 10.0 Å². The molecule has 2 saturated heterocycles. The van der Waals surface area contributed by atoms with E-state index in [4.69, 9.17) is 9.47 Å². The maximum absolute atomic E-state index is 12.8. The van der Waals surface area contributed by atoms with Crippen LogP contribution < -0.4 is 4.72 Å². The van der Waals surface area contributed by atoms with Gasteiger partial charge in [0.25, 0.3) is 0 Å². The molecular formula is C42H45N3O5S. The SMILES string of the molecule is O=S(=O)(NCc1cccc(-c2ccc([C@H]3O[C@@H](CN4CCN(Cc5ccccc5)CC4)C[C@@H](c4ccc(CO)cc4)O3)cc2)c1)c1ccccc1. The van der Waals surface area contributed by atoms with Crippen molar-refractivity contribution in [3.8, 4) is 11.1 Å². The lowest BCUT2D eigenvalue weighted by Gasteiger charge is -2.40. The summed E-state index contributed by atoms with van der Waals surface area (Å²) in [7, 11) is -3.60. The number of aliphatic hydroxyl groups excluding tert-OH is 1. The van der Waals surface area contributed by atoms with Gasteiger partial charge in [-0.3, -0.25) is 9.80 Å². The van der Waals surface area contributed by atoms with Gasteiger partial charge in [-0.25, -0.2) is 13.1 Å². The van der Waals surface area contributed by atoms with Crippen LogP contribution in [0.3, 0.4) is 0 Å². The van der Waals surface area contributed by atoms with Crippen LogP contribution in [0.1, 0.15) is 46.6 Å². The zero-order valence-corrected chi connectivity index (χ0v) is 29.5. The molecule has 5 aromatic carbocycles. The van der Waals surface area contributed by atoms with E-state index in [0.29, 0.717) is 0 Å². The van der Waals surface area contributed by atoms with Crippen molar-refractivity contribution in [1.82, 2.24) is 14.5 Å². The van der Waals surface area contributed by atoms with E-state index in [1.165, 1.54) is 5.56 Å². The van der Waals surface area contributed by atoms with Crippen molar-refractivity contribution in [3.05, 3.63) is 161 Å². The summed E-state index contributed by atoms with van der Waals surface area (Å²) in [6.45, 7) is 6.05. The average Bonchev–Trinajstić information content (AvgIpc) is 3.19. The molecular weight excluding hydrogens is 659 g/mol. The maximum atomic E-state index is 12.8. The fourth-order valence-electron chi connectivity index (χ4n) is 6.85. The summed E-state index contributed by atoms with van der Waals surface area (Å²) >= 11 is 0. The van der Waals surface area contributed by atoms with E-state index in [1.807, 2.05) is 48.5 Å². The number of rotatable bonds is 12. The van der Waals surface area contributed by atoms with E-state index in [2.05, 4.69) is 69.1 Å². The highest BCUT2D eigenvalue weighted by Crippen LogP contribution is 2.39. The second kappa shape index (κ2) is 16.4. The van der Waals surface area contributed by atoms with Crippen LogP contribution in [0, 0.1) is 0 Å². The molecule has 2 N–H and O–H groups in total. The normalized spacial score (nSPS) is 20.3. The van der Waals surface area contributed by atoms with Gasteiger partial charge in [0.1, 0.15) is 0 Å². The summed E-state index contributed by atoms with van der Waals surface area (Å²) in [5.74, 6) is 0. The first-order chi connectivity index (χ1) is 24.9. The van der Waals surface area contributed by atoms with Crippen LogP contribution >= 0.6 is 0 Å². The molecule has 9 heteroatoms. The lowest BCUT2D eigenvalue weighted by Crippen LogP contribution is -2.49. The Hall–Kier alpha value is -4.19. The van der Waals surface area contributed by atoms with E-state index in [1.54, 1.807) is 30.3 Å². The summed E-state index contributed by atoms with van der Waals surface area (Å²) in [6, 6.07) is 43.2. The molecule has 2 aliphatic rings. The second-order valence-electron chi connectivity index (χ2n) is 13.4. The summed E-state index contributed by atoms with van der Waals surface area (Å²) in [5.41, 5.74) is 7.13. The van der Waals surface area contributed by atoms with Crippen LogP contribution in [0.25, 0.3) is 11.1 Å². The highest BCUT2D eigenvalue weighted by Gasteiger charge is 2.34. The van der Waals surface area contributed by atoms with Crippen LogP contribution in [0.15, 0.2) is 138 Å². The van der Waals surface area contributed by atoms with Crippen LogP contribution in [-0.4, -0.2) is 62.2 Å². The van der Waals surface area contributed by atoms with Gasteiger partial charge in [-0.2, -0.15) is 0 Å². The van der Waals surface area contributed by atoms with E-state index in [9.17, 15) is 13.5 Å². The van der Waals surface area contributed by atoms with Crippen LogP contribution in [-0.2, 0) is 39.2 Å². The summed E-state index contributed by atoms with van der Waals surface area (Å²) in [6.07, 6.45) is 0.0660. The number of piperazine rings is 1. The van der Waals surface area contributed by atoms with E-state index < -0.39 is 16.3 Å². The third kappa shape index (κ3) is 9.19. The quantitative estimate of drug-likeness (QED) is 0.150. The predicted molar refractivity (Wildman–Crippen MR) is 199 cm³/mol. The molecule has 0 aromatic heterocycles. The number of nitrogens with zero attached hydrogens (tertiary/aromatic N) is 2. The lowest BCUT2D eigenvalue weighted by atomic mass is 9.99. The molecule has 2 heterocycles. The van der Waals surface area contributed by atoms with Gasteiger partial charge < -0.3 is 14.6 Å². The van der Waals surface area contributed by atoms with Crippen molar-refractivity contribution < 1.29 is 23.0 Å². The minimum Gasteiger partial charge on any atom is -0.392 e. The molecule has 0 unspecified atom stereocenters. The molecule has 51 heavy (non-hydrogen) atoms. The first kappa shape index (κ1) is 35.2. The molecule has 0 bridgehead atoms. The van der Waals surface area contributed by atoms with Gasteiger partial charge in [0.15, 0.2) is 6.29 Å². The third-order valence-electron chi connectivity index (χ3n) is 9.75. The number of hydrogen-bond donors (Lipinski definition) is 2. The van der Waals surface area contributed by atoms with Gasteiger partial charge in [-0.1, -0.05) is 115 Å². The van der Waals surface area contributed by atoms with Crippen molar-refractivity contribution in [3.63, 3.8) is 0 Å². The van der Waals surface area contributed by atoms with E-state index >= 15 is 0 Å². The first-order valence-electron chi connectivity index (χ1n) is 17.6. The minimum atomic E-state index is -3.60. The fraction of sp³-hybridized carbons (Fsp3) is 0.286. The summed E-state index contributed by atoms with van der Waals surface area (Å²) in [5, 5.41) is 9.59. The molecule has 264 valence electrons. The van der Waals surface area contributed by atoms with Crippen LogP contribution in [0.5, 0.6) is 0 Å². The highest BCUT2D eigenvalue weighted by molar-refractivity contribution is 7.89. The zero-order valence-electron chi connectivity index (χ0n) is 28.7. The van der Waals surface area contributed by atoms with E-state index in [0.717, 1.165) is 79.1 Å². The predicted octanol–water partition coefficient (Wildman–Crippen LogP) is 6.69. The lowest BCUT2D eigenvalue weighted by molar-refractivity contribution is -0.253. The Balaban J connectivity index is 1.02. The van der Waals surface area contributed by atoms with Gasteiger partial charge >= 0.3 is 0 Å². The van der Waals surface area contributed by atoms with Gasteiger partial charge in [0.2, 0.25) is 10.0 Å². The Morgan fingerprint density at radius 3 is 2.00 bits per heavy atom. The van der Waals surface area contributed by atoms with Crippen molar-refractivity contribution in [2.75, 3.05) is 32.7 Å². The molecule has 0 spiro atoms. The third-order valence-corrected chi connectivity index (χ3v) is 11.2. The highest BCUT2D eigenvalue weighted by atomic mass is 32.2. The molecule has 0 radical (unpaired) electrons. The van der Waals surface area contributed by atoms with Gasteiger partial charge in [0.05, 0.1) is 23.7 Å². The number of nitrogens with one attached hydrogen (secondary N) is 1. The fourth-order valence-corrected chi connectivity index (χ4v) is 7.89. The number of benzene rings is 5. The molecule has 0 aliphatic carbocycles. The maximum Gasteiger partial charge on any atom is 0.240 e. The molecule has 7 rings (SSSR count). The molecule has 5 aromatic rings. The Morgan fingerprint density at radius 2 is 1.29 bits per heavy atom. The second-order valence-corrected chi connectivity index (χ2v) is 15.1. The van der Waals surface area contributed by atoms with Crippen molar-refractivity contribution in [2.45, 2.75) is 49.5 Å². The molecule has 3 atom stereocenters. The Morgan fingerprint density at radius 1 is 0.647 bits per heavy atom. The summed E-state index contributed by atoms with van der Waals surface area (Å²) < 4.78 is 41.5. The van der Waals surface area contributed by atoms with Crippen LogP contribution in [0.2, 0.25) is 0 Å². The molecule has 2 fully saturated rings. The molecule has 0 amide bonds. The zero-order chi connectivity index (χ0) is 35.0. The van der Waals surface area contributed by atoms with Gasteiger partial charge in [-0.05, 0) is 51.6 Å². The van der Waals surface area contributed by atoms with Crippen LogP contribution in [0.4, 0.5) is 0 Å². The molecule has 0 saturated carbocycles. The number of sulfonamides is 1. The Labute approximate surface area is 301 Å². The largest absolute Gasteiger partial charge is 0.392 e. The monoisotopic (exact) mass is 703 g/mol. The van der Waals surface area contributed by atoms with Crippen molar-refractivity contribution in [2.24, 2.45) is 0 Å². The smallest absolute Gasteiger partial charge is 0.240 e. The standard InChI is InChI=1S/C42H45N3O5S/c46-31-33-14-16-36(17-15-33)41-27-39(30-45-24-22-44(23-25-45)29-32-8-3-1-4-9-32)49-42(50-41)37-20-18-35(19-21-37)38-11-7-10-34(26-38)28-43-51(47,48)40-12-5-2-6-13-40/h1-21,26,39,41-43,46H,22-25,27-31H2/t39-,41+,42+/m1/s1. The number of hydrogen-bond acceptors (Lipinski definition) is 7. The molecule has 2 aliphatic heterocycles. The van der Waals surface area contributed by atoms with E-state index in [-0.39, 0.29) is 30.3 Å². The van der Waals surface area contributed by atoms with Crippen molar-refractivity contribution in [1.29, 1.82) is 0 Å². The summed E-state index contributed by atoms with van der Waals surface area (Å²) in [4.78, 5) is 5.28. The van der Waals surface area contributed by atoms with Gasteiger partial charge in [-0.15, -0.1) is 0 Å². The topological polar surface area (TPSA) is 91.3 Å². The molecule has 8 nitrogen and oxygen atoms in total. The Bertz CT molecular complexity index is 1950.